The van der Waals surface area contributed by atoms with Crippen molar-refractivity contribution < 1.29 is 8.78 Å². The molecule has 0 aliphatic heterocycles. The minimum atomic E-state index is -0.524. The zero-order valence-electron chi connectivity index (χ0n) is 12.4. The third kappa shape index (κ3) is 4.83. The Balaban J connectivity index is 1.79. The first-order valence-corrected chi connectivity index (χ1v) is 6.96. The molecule has 2 aromatic carbocycles. The highest BCUT2D eigenvalue weighted by Gasteiger charge is 2.01. The number of rotatable bonds is 6. The summed E-state index contributed by atoms with van der Waals surface area (Å²) in [6, 6.07) is 11.9. The van der Waals surface area contributed by atoms with E-state index in [1.807, 2.05) is 14.1 Å². The van der Waals surface area contributed by atoms with E-state index in [-0.39, 0.29) is 0 Å². The fraction of sp³-hybridized carbons (Fsp3) is 0.294. The SMILES string of the molecule is CN(C)c1ccc(CNCCc2cc(F)cc(F)c2)cc1. The van der Waals surface area contributed by atoms with Gasteiger partial charge in [0.25, 0.3) is 0 Å². The summed E-state index contributed by atoms with van der Waals surface area (Å²) in [5, 5.41) is 3.28. The first kappa shape index (κ1) is 15.4. The molecule has 0 atom stereocenters. The molecule has 0 saturated carbocycles. The van der Waals surface area contributed by atoms with E-state index < -0.39 is 11.6 Å². The van der Waals surface area contributed by atoms with Crippen LogP contribution < -0.4 is 10.2 Å². The molecule has 0 fully saturated rings. The van der Waals surface area contributed by atoms with Crippen molar-refractivity contribution in [3.05, 3.63) is 65.2 Å². The maximum atomic E-state index is 13.0. The van der Waals surface area contributed by atoms with Gasteiger partial charge >= 0.3 is 0 Å². The van der Waals surface area contributed by atoms with Gasteiger partial charge in [-0.05, 0) is 48.4 Å². The molecule has 1 N–H and O–H groups in total. The van der Waals surface area contributed by atoms with Gasteiger partial charge in [0.05, 0.1) is 0 Å². The molecular formula is C17H20F2N2. The lowest BCUT2D eigenvalue weighted by atomic mass is 10.1. The Morgan fingerprint density at radius 2 is 1.52 bits per heavy atom. The summed E-state index contributed by atoms with van der Waals surface area (Å²) in [7, 11) is 4.01. The Morgan fingerprint density at radius 3 is 2.10 bits per heavy atom. The van der Waals surface area contributed by atoms with Gasteiger partial charge in [-0.3, -0.25) is 0 Å². The van der Waals surface area contributed by atoms with Crippen molar-refractivity contribution in [2.45, 2.75) is 13.0 Å². The molecule has 0 unspecified atom stereocenters. The minimum Gasteiger partial charge on any atom is -0.378 e. The minimum absolute atomic E-state index is 0.524. The average molecular weight is 290 g/mol. The van der Waals surface area contributed by atoms with Crippen LogP contribution in [-0.4, -0.2) is 20.6 Å². The second-order valence-corrected chi connectivity index (χ2v) is 5.27. The highest BCUT2D eigenvalue weighted by atomic mass is 19.1. The highest BCUT2D eigenvalue weighted by molar-refractivity contribution is 5.45. The number of nitrogens with one attached hydrogen (secondary N) is 1. The lowest BCUT2D eigenvalue weighted by Crippen LogP contribution is -2.17. The largest absolute Gasteiger partial charge is 0.378 e. The molecule has 0 saturated heterocycles. The third-order valence-electron chi connectivity index (χ3n) is 3.29. The molecule has 0 amide bonds. The van der Waals surface area contributed by atoms with Gasteiger partial charge in [-0.1, -0.05) is 12.1 Å². The summed E-state index contributed by atoms with van der Waals surface area (Å²) in [5.74, 6) is -1.05. The normalized spacial score (nSPS) is 10.7. The number of halogens is 2. The van der Waals surface area contributed by atoms with E-state index in [1.54, 1.807) is 0 Å². The van der Waals surface area contributed by atoms with Crippen LogP contribution in [0.15, 0.2) is 42.5 Å². The molecule has 0 radical (unpaired) electrons. The predicted molar refractivity (Wildman–Crippen MR) is 82.5 cm³/mol. The molecule has 4 heteroatoms. The van der Waals surface area contributed by atoms with E-state index in [0.29, 0.717) is 18.5 Å². The highest BCUT2D eigenvalue weighted by Crippen LogP contribution is 2.12. The van der Waals surface area contributed by atoms with E-state index in [0.717, 1.165) is 18.3 Å². The summed E-state index contributed by atoms with van der Waals surface area (Å²) in [5.41, 5.74) is 3.02. The van der Waals surface area contributed by atoms with Gasteiger partial charge in [0.1, 0.15) is 11.6 Å². The molecule has 112 valence electrons. The van der Waals surface area contributed by atoms with Crippen molar-refractivity contribution >= 4 is 5.69 Å². The zero-order valence-corrected chi connectivity index (χ0v) is 12.4. The number of nitrogens with zero attached hydrogens (tertiary/aromatic N) is 1. The fourth-order valence-electron chi connectivity index (χ4n) is 2.13. The van der Waals surface area contributed by atoms with Gasteiger partial charge in [0, 0.05) is 32.4 Å². The van der Waals surface area contributed by atoms with Gasteiger partial charge in [0.15, 0.2) is 0 Å². The summed E-state index contributed by atoms with van der Waals surface area (Å²) in [6.45, 7) is 1.42. The summed E-state index contributed by atoms with van der Waals surface area (Å²) >= 11 is 0. The Bertz CT molecular complexity index is 560. The predicted octanol–water partition coefficient (Wildman–Crippen LogP) is 3.36. The standard InChI is InChI=1S/C17H20F2N2/c1-21(2)17-5-3-13(4-6-17)12-20-8-7-14-9-15(18)11-16(19)10-14/h3-6,9-11,20H,7-8,12H2,1-2H3. The van der Waals surface area contributed by atoms with E-state index in [1.165, 1.54) is 17.7 Å². The van der Waals surface area contributed by atoms with Gasteiger partial charge in [-0.15, -0.1) is 0 Å². The number of anilines is 1. The maximum absolute atomic E-state index is 13.0. The van der Waals surface area contributed by atoms with Crippen LogP contribution in [0, 0.1) is 11.6 Å². The van der Waals surface area contributed by atoms with Gasteiger partial charge < -0.3 is 10.2 Å². The first-order valence-electron chi connectivity index (χ1n) is 6.96. The summed E-state index contributed by atoms with van der Waals surface area (Å²) in [6.07, 6.45) is 0.602. The van der Waals surface area contributed by atoms with Crippen molar-refractivity contribution in [1.29, 1.82) is 0 Å². The molecule has 2 nitrogen and oxygen atoms in total. The average Bonchev–Trinajstić information content (AvgIpc) is 2.43. The maximum Gasteiger partial charge on any atom is 0.126 e. The molecule has 2 aromatic rings. The smallest absolute Gasteiger partial charge is 0.126 e. The van der Waals surface area contributed by atoms with Crippen molar-refractivity contribution in [3.8, 4) is 0 Å². The van der Waals surface area contributed by atoms with Crippen molar-refractivity contribution in [3.63, 3.8) is 0 Å². The molecule has 0 aromatic heterocycles. The lowest BCUT2D eigenvalue weighted by molar-refractivity contribution is 0.577. The third-order valence-corrected chi connectivity index (χ3v) is 3.29. The van der Waals surface area contributed by atoms with Crippen LogP contribution in [0.5, 0.6) is 0 Å². The molecule has 0 aliphatic rings. The summed E-state index contributed by atoms with van der Waals surface area (Å²) < 4.78 is 26.1. The molecule has 21 heavy (non-hydrogen) atoms. The quantitative estimate of drug-likeness (QED) is 0.821. The molecule has 0 heterocycles. The zero-order chi connectivity index (χ0) is 15.2. The Labute approximate surface area is 124 Å². The van der Waals surface area contributed by atoms with E-state index in [4.69, 9.17) is 0 Å². The van der Waals surface area contributed by atoms with Gasteiger partial charge in [-0.25, -0.2) is 8.78 Å². The molecule has 2 rings (SSSR count). The van der Waals surface area contributed by atoms with Crippen LogP contribution in [0.1, 0.15) is 11.1 Å². The van der Waals surface area contributed by atoms with E-state index in [2.05, 4.69) is 34.5 Å². The Hall–Kier alpha value is -1.94. The lowest BCUT2D eigenvalue weighted by Gasteiger charge is -2.13. The van der Waals surface area contributed by atoms with Gasteiger partial charge in [0.2, 0.25) is 0 Å². The topological polar surface area (TPSA) is 15.3 Å². The van der Waals surface area contributed by atoms with Crippen molar-refractivity contribution in [1.82, 2.24) is 5.32 Å². The Kier molecular flexibility index (Phi) is 5.28. The Morgan fingerprint density at radius 1 is 0.905 bits per heavy atom. The number of hydrogen-bond donors (Lipinski definition) is 1. The molecule has 0 aliphatic carbocycles. The number of benzene rings is 2. The number of hydrogen-bond acceptors (Lipinski definition) is 2. The van der Waals surface area contributed by atoms with Crippen LogP contribution in [0.4, 0.5) is 14.5 Å². The molecular weight excluding hydrogens is 270 g/mol. The van der Waals surface area contributed by atoms with Crippen LogP contribution in [0.25, 0.3) is 0 Å². The van der Waals surface area contributed by atoms with Crippen LogP contribution in [0.2, 0.25) is 0 Å². The van der Waals surface area contributed by atoms with Crippen molar-refractivity contribution in [2.75, 3.05) is 25.5 Å². The molecule has 0 spiro atoms. The monoisotopic (exact) mass is 290 g/mol. The summed E-state index contributed by atoms with van der Waals surface area (Å²) in [4.78, 5) is 2.05. The van der Waals surface area contributed by atoms with Crippen LogP contribution in [-0.2, 0) is 13.0 Å². The van der Waals surface area contributed by atoms with E-state index in [9.17, 15) is 8.78 Å². The molecule has 0 bridgehead atoms. The van der Waals surface area contributed by atoms with Crippen LogP contribution >= 0.6 is 0 Å². The first-order chi connectivity index (χ1) is 10.0. The second-order valence-electron chi connectivity index (χ2n) is 5.27. The van der Waals surface area contributed by atoms with Crippen LogP contribution in [0.3, 0.4) is 0 Å². The van der Waals surface area contributed by atoms with Gasteiger partial charge in [-0.2, -0.15) is 0 Å². The second kappa shape index (κ2) is 7.18. The van der Waals surface area contributed by atoms with Crippen molar-refractivity contribution in [2.24, 2.45) is 0 Å². The fourth-order valence-corrected chi connectivity index (χ4v) is 2.13. The van der Waals surface area contributed by atoms with E-state index >= 15 is 0 Å².